The quantitative estimate of drug-likeness (QED) is 0.909. The van der Waals surface area contributed by atoms with Gasteiger partial charge in [-0.05, 0) is 48.8 Å². The number of hydrogen-bond acceptors (Lipinski definition) is 3. The monoisotopic (exact) mass is 274 g/mol. The SMILES string of the molecule is COc1c(CCN2CCNCC2)ccc2c1CCCC2. The first-order valence-corrected chi connectivity index (χ1v) is 7.99. The van der Waals surface area contributed by atoms with Gasteiger partial charge in [-0.15, -0.1) is 0 Å². The molecule has 1 aliphatic heterocycles. The zero-order valence-corrected chi connectivity index (χ0v) is 12.6. The maximum atomic E-state index is 5.75. The minimum Gasteiger partial charge on any atom is -0.496 e. The number of benzene rings is 1. The average molecular weight is 274 g/mol. The van der Waals surface area contributed by atoms with Crippen LogP contribution in [0.5, 0.6) is 5.75 Å². The molecule has 3 rings (SSSR count). The Bertz CT molecular complexity index is 453. The van der Waals surface area contributed by atoms with E-state index in [0.717, 1.165) is 26.1 Å². The van der Waals surface area contributed by atoms with E-state index >= 15 is 0 Å². The second-order valence-corrected chi connectivity index (χ2v) is 5.94. The van der Waals surface area contributed by atoms with Crippen molar-refractivity contribution in [1.82, 2.24) is 10.2 Å². The first-order chi connectivity index (χ1) is 9.88. The van der Waals surface area contributed by atoms with Gasteiger partial charge in [0.15, 0.2) is 0 Å². The van der Waals surface area contributed by atoms with Gasteiger partial charge in [-0.25, -0.2) is 0 Å². The van der Waals surface area contributed by atoms with Crippen LogP contribution in [-0.4, -0.2) is 44.7 Å². The number of nitrogens with one attached hydrogen (secondary N) is 1. The Morgan fingerprint density at radius 3 is 2.75 bits per heavy atom. The molecule has 2 aliphatic rings. The number of piperazine rings is 1. The molecule has 1 saturated heterocycles. The van der Waals surface area contributed by atoms with Crippen LogP contribution < -0.4 is 10.1 Å². The molecule has 3 heteroatoms. The van der Waals surface area contributed by atoms with E-state index in [2.05, 4.69) is 22.3 Å². The highest BCUT2D eigenvalue weighted by Gasteiger charge is 2.18. The van der Waals surface area contributed by atoms with Gasteiger partial charge in [-0.3, -0.25) is 0 Å². The molecule has 1 N–H and O–H groups in total. The van der Waals surface area contributed by atoms with Crippen LogP contribution in [0, 0.1) is 0 Å². The number of hydrogen-bond donors (Lipinski definition) is 1. The number of methoxy groups -OCH3 is 1. The van der Waals surface area contributed by atoms with E-state index in [0.29, 0.717) is 0 Å². The summed E-state index contributed by atoms with van der Waals surface area (Å²) in [5, 5.41) is 3.41. The Morgan fingerprint density at radius 1 is 1.15 bits per heavy atom. The first-order valence-electron chi connectivity index (χ1n) is 7.99. The van der Waals surface area contributed by atoms with Gasteiger partial charge < -0.3 is 15.0 Å². The molecule has 0 atom stereocenters. The van der Waals surface area contributed by atoms with Crippen LogP contribution in [0.2, 0.25) is 0 Å². The van der Waals surface area contributed by atoms with Crippen molar-refractivity contribution in [2.45, 2.75) is 32.1 Å². The van der Waals surface area contributed by atoms with Gasteiger partial charge in [0.1, 0.15) is 5.75 Å². The normalized spacial score (nSPS) is 19.6. The van der Waals surface area contributed by atoms with E-state index in [1.54, 1.807) is 0 Å². The largest absolute Gasteiger partial charge is 0.496 e. The fourth-order valence-electron chi connectivity index (χ4n) is 3.51. The molecule has 3 nitrogen and oxygen atoms in total. The summed E-state index contributed by atoms with van der Waals surface area (Å²) in [5.41, 5.74) is 4.39. The minimum atomic E-state index is 1.11. The van der Waals surface area contributed by atoms with E-state index in [9.17, 15) is 0 Å². The Balaban J connectivity index is 1.72. The summed E-state index contributed by atoms with van der Waals surface area (Å²) in [7, 11) is 1.83. The molecular formula is C17H26N2O. The summed E-state index contributed by atoms with van der Waals surface area (Å²) in [6.07, 6.45) is 6.17. The average Bonchev–Trinajstić information content (AvgIpc) is 2.53. The molecular weight excluding hydrogens is 248 g/mol. The number of ether oxygens (including phenoxy) is 1. The fraction of sp³-hybridized carbons (Fsp3) is 0.647. The van der Waals surface area contributed by atoms with Crippen molar-refractivity contribution in [1.29, 1.82) is 0 Å². The van der Waals surface area contributed by atoms with Gasteiger partial charge in [-0.1, -0.05) is 12.1 Å². The lowest BCUT2D eigenvalue weighted by molar-refractivity contribution is 0.243. The van der Waals surface area contributed by atoms with E-state index in [1.165, 1.54) is 61.2 Å². The summed E-state index contributed by atoms with van der Waals surface area (Å²) in [5.74, 6) is 1.18. The first kappa shape index (κ1) is 13.9. The summed E-state index contributed by atoms with van der Waals surface area (Å²) < 4.78 is 5.75. The third-order valence-corrected chi connectivity index (χ3v) is 4.67. The van der Waals surface area contributed by atoms with Gasteiger partial charge in [0.05, 0.1) is 7.11 Å². The van der Waals surface area contributed by atoms with Crippen LogP contribution in [0.3, 0.4) is 0 Å². The Morgan fingerprint density at radius 2 is 1.95 bits per heavy atom. The maximum Gasteiger partial charge on any atom is 0.125 e. The summed E-state index contributed by atoms with van der Waals surface area (Å²) in [6.45, 7) is 5.75. The molecule has 0 saturated carbocycles. The molecule has 1 aromatic rings. The molecule has 20 heavy (non-hydrogen) atoms. The molecule has 0 amide bonds. The smallest absolute Gasteiger partial charge is 0.125 e. The molecule has 110 valence electrons. The lowest BCUT2D eigenvalue weighted by atomic mass is 9.88. The Hall–Kier alpha value is -1.06. The zero-order valence-electron chi connectivity index (χ0n) is 12.6. The standard InChI is InChI=1S/C17H26N2O/c1-20-17-15(8-11-19-12-9-18-10-13-19)7-6-14-4-2-3-5-16(14)17/h6-7,18H,2-5,8-13H2,1H3. The van der Waals surface area contributed by atoms with E-state index in [-0.39, 0.29) is 0 Å². The molecule has 1 fully saturated rings. The number of rotatable bonds is 4. The summed E-state index contributed by atoms with van der Waals surface area (Å²) in [6, 6.07) is 4.63. The Labute approximate surface area is 122 Å². The molecule has 0 unspecified atom stereocenters. The van der Waals surface area contributed by atoms with Crippen LogP contribution in [0.1, 0.15) is 29.5 Å². The van der Waals surface area contributed by atoms with Crippen LogP contribution >= 0.6 is 0 Å². The van der Waals surface area contributed by atoms with Crippen molar-refractivity contribution in [3.8, 4) is 5.75 Å². The van der Waals surface area contributed by atoms with Crippen molar-refractivity contribution < 1.29 is 4.74 Å². The highest BCUT2D eigenvalue weighted by molar-refractivity contribution is 5.47. The van der Waals surface area contributed by atoms with E-state index in [1.807, 2.05) is 7.11 Å². The molecule has 1 aromatic carbocycles. The van der Waals surface area contributed by atoms with Crippen molar-refractivity contribution in [2.75, 3.05) is 39.8 Å². The second kappa shape index (κ2) is 6.59. The van der Waals surface area contributed by atoms with Gasteiger partial charge in [0.25, 0.3) is 0 Å². The third-order valence-electron chi connectivity index (χ3n) is 4.67. The molecule has 0 bridgehead atoms. The minimum absolute atomic E-state index is 1.11. The predicted octanol–water partition coefficient (Wildman–Crippen LogP) is 2.02. The van der Waals surface area contributed by atoms with Crippen molar-refractivity contribution in [3.05, 3.63) is 28.8 Å². The lowest BCUT2D eigenvalue weighted by Crippen LogP contribution is -2.44. The van der Waals surface area contributed by atoms with Gasteiger partial charge in [0, 0.05) is 32.7 Å². The maximum absolute atomic E-state index is 5.75. The zero-order chi connectivity index (χ0) is 13.8. The summed E-state index contributed by atoms with van der Waals surface area (Å²) in [4.78, 5) is 2.55. The third kappa shape index (κ3) is 2.99. The van der Waals surface area contributed by atoms with Crippen LogP contribution in [0.25, 0.3) is 0 Å². The van der Waals surface area contributed by atoms with Crippen LogP contribution in [0.15, 0.2) is 12.1 Å². The number of nitrogens with zero attached hydrogens (tertiary/aromatic N) is 1. The fourth-order valence-corrected chi connectivity index (χ4v) is 3.51. The van der Waals surface area contributed by atoms with Crippen LogP contribution in [-0.2, 0) is 19.3 Å². The van der Waals surface area contributed by atoms with E-state index in [4.69, 9.17) is 4.74 Å². The molecule has 0 spiro atoms. The Kier molecular flexibility index (Phi) is 4.58. The van der Waals surface area contributed by atoms with Gasteiger partial charge >= 0.3 is 0 Å². The molecule has 0 radical (unpaired) electrons. The highest BCUT2D eigenvalue weighted by Crippen LogP contribution is 2.33. The summed E-state index contributed by atoms with van der Waals surface area (Å²) >= 11 is 0. The molecule has 0 aromatic heterocycles. The van der Waals surface area contributed by atoms with Crippen molar-refractivity contribution in [2.24, 2.45) is 0 Å². The van der Waals surface area contributed by atoms with Crippen molar-refractivity contribution >= 4 is 0 Å². The van der Waals surface area contributed by atoms with Gasteiger partial charge in [0.2, 0.25) is 0 Å². The molecule has 1 heterocycles. The number of fused-ring (bicyclic) bond motifs is 1. The second-order valence-electron chi connectivity index (χ2n) is 5.94. The highest BCUT2D eigenvalue weighted by atomic mass is 16.5. The molecule has 1 aliphatic carbocycles. The lowest BCUT2D eigenvalue weighted by Gasteiger charge is -2.28. The van der Waals surface area contributed by atoms with Crippen LogP contribution in [0.4, 0.5) is 0 Å². The number of aryl methyl sites for hydroxylation is 1. The van der Waals surface area contributed by atoms with Gasteiger partial charge in [-0.2, -0.15) is 0 Å². The van der Waals surface area contributed by atoms with Crippen molar-refractivity contribution in [3.63, 3.8) is 0 Å². The predicted molar refractivity (Wildman–Crippen MR) is 82.6 cm³/mol. The van der Waals surface area contributed by atoms with E-state index < -0.39 is 0 Å². The topological polar surface area (TPSA) is 24.5 Å².